The van der Waals surface area contributed by atoms with E-state index < -0.39 is 27.4 Å². The Bertz CT molecular complexity index is 1320. The zero-order valence-corrected chi connectivity index (χ0v) is 29.7. The first-order chi connectivity index (χ1) is 20.0. The van der Waals surface area contributed by atoms with Crippen molar-refractivity contribution in [2.75, 3.05) is 6.26 Å². The highest BCUT2D eigenvalue weighted by atomic mass is 32.2. The molecule has 0 radical (unpaired) electrons. The highest BCUT2D eigenvalue weighted by Gasteiger charge is 2.71. The van der Waals surface area contributed by atoms with Crippen LogP contribution in [0.2, 0.25) is 0 Å². The number of carbonyl (C=O) groups is 2. The van der Waals surface area contributed by atoms with E-state index in [0.29, 0.717) is 23.7 Å². The molecule has 0 spiro atoms. The fourth-order valence-corrected chi connectivity index (χ4v) is 13.6. The maximum absolute atomic E-state index is 13.0. The maximum atomic E-state index is 13.0. The average molecular weight is 634 g/mol. The molecule has 44 heavy (non-hydrogen) atoms. The van der Waals surface area contributed by atoms with Gasteiger partial charge in [0.1, 0.15) is 6.10 Å². The van der Waals surface area contributed by atoms with Crippen LogP contribution in [0.4, 0.5) is 0 Å². The standard InChI is InChI=1S/C36H59NO6S/c1-22(2)23-13-18-36(37-44(10,41)42)20-19-34(8)24(29(23)36)11-12-26-33(7)16-15-27(43-28(38)21-31(3,4)30(39)40)32(5,6)25(33)14-17-35(26,34)9/h23-27,29,37H,1,11-21H2,2-10H3,(H,39,40)/t23-,24+,25-,26+,27-,29+,33-,34+,35+,36-/m0/s1. The van der Waals surface area contributed by atoms with E-state index >= 15 is 0 Å². The van der Waals surface area contributed by atoms with Gasteiger partial charge in [-0.15, -0.1) is 0 Å². The Morgan fingerprint density at radius 2 is 1.57 bits per heavy atom. The summed E-state index contributed by atoms with van der Waals surface area (Å²) >= 11 is 0. The zero-order chi connectivity index (χ0) is 32.9. The SMILES string of the molecule is C=C(C)[C@@H]1CC[C@]2(NS(C)(=O)=O)CC[C@]3(C)[C@H](CC[C@@H]4[C@@]5(C)CC[C@H](OC(=O)CC(C)(C)C(=O)O)C(C)(C)[C@@H]5CC[C@]43C)[C@@H]12. The number of rotatable bonds is 7. The van der Waals surface area contributed by atoms with Gasteiger partial charge in [0, 0.05) is 11.0 Å². The topological polar surface area (TPSA) is 110 Å². The van der Waals surface area contributed by atoms with E-state index in [1.54, 1.807) is 13.8 Å². The highest BCUT2D eigenvalue weighted by molar-refractivity contribution is 7.88. The van der Waals surface area contributed by atoms with Crippen LogP contribution >= 0.6 is 0 Å². The summed E-state index contributed by atoms with van der Waals surface area (Å²) in [6, 6.07) is 0. The molecule has 0 aliphatic heterocycles. The van der Waals surface area contributed by atoms with Gasteiger partial charge in [-0.2, -0.15) is 0 Å². The molecule has 0 aromatic carbocycles. The zero-order valence-electron chi connectivity index (χ0n) is 28.8. The minimum atomic E-state index is -3.34. The van der Waals surface area contributed by atoms with Gasteiger partial charge in [0.25, 0.3) is 0 Å². The Labute approximate surface area is 266 Å². The van der Waals surface area contributed by atoms with E-state index in [1.165, 1.54) is 11.8 Å². The van der Waals surface area contributed by atoms with Crippen molar-refractivity contribution >= 4 is 22.0 Å². The van der Waals surface area contributed by atoms with Gasteiger partial charge in [-0.05, 0) is 131 Å². The van der Waals surface area contributed by atoms with Crippen molar-refractivity contribution < 1.29 is 27.9 Å². The van der Waals surface area contributed by atoms with E-state index in [4.69, 9.17) is 4.74 Å². The molecule has 5 aliphatic carbocycles. The predicted molar refractivity (Wildman–Crippen MR) is 173 cm³/mol. The molecule has 250 valence electrons. The summed E-state index contributed by atoms with van der Waals surface area (Å²) in [5.41, 5.74) is -0.201. The lowest BCUT2D eigenvalue weighted by Crippen LogP contribution is -2.69. The number of carbonyl (C=O) groups excluding carboxylic acids is 1. The van der Waals surface area contributed by atoms with Gasteiger partial charge in [-0.25, -0.2) is 13.1 Å². The average Bonchev–Trinajstić information content (AvgIpc) is 3.24. The van der Waals surface area contributed by atoms with Gasteiger partial charge in [0.15, 0.2) is 0 Å². The first-order valence-electron chi connectivity index (χ1n) is 17.1. The normalized spacial score (nSPS) is 44.8. The van der Waals surface area contributed by atoms with Gasteiger partial charge in [0.05, 0.1) is 18.1 Å². The van der Waals surface area contributed by atoms with E-state index in [9.17, 15) is 23.1 Å². The third kappa shape index (κ3) is 5.02. The van der Waals surface area contributed by atoms with Crippen LogP contribution in [0.1, 0.15) is 126 Å². The molecular formula is C36H59NO6S. The van der Waals surface area contributed by atoms with Crippen molar-refractivity contribution in [3.8, 4) is 0 Å². The van der Waals surface area contributed by atoms with Crippen LogP contribution < -0.4 is 4.72 Å². The Kier molecular flexibility index (Phi) is 8.14. The summed E-state index contributed by atoms with van der Waals surface area (Å²) < 4.78 is 34.7. The van der Waals surface area contributed by atoms with Gasteiger partial charge in [-0.3, -0.25) is 9.59 Å². The molecule has 0 aromatic heterocycles. The Hall–Kier alpha value is -1.41. The number of ether oxygens (including phenoxy) is 1. The smallest absolute Gasteiger partial charge is 0.309 e. The number of hydrogen-bond acceptors (Lipinski definition) is 5. The van der Waals surface area contributed by atoms with Gasteiger partial charge < -0.3 is 9.84 Å². The number of hydrogen-bond donors (Lipinski definition) is 2. The largest absolute Gasteiger partial charge is 0.481 e. The minimum absolute atomic E-state index is 0.102. The maximum Gasteiger partial charge on any atom is 0.309 e. The number of aliphatic carboxylic acids is 1. The molecule has 0 unspecified atom stereocenters. The quantitative estimate of drug-likeness (QED) is 0.224. The van der Waals surface area contributed by atoms with E-state index in [-0.39, 0.29) is 45.6 Å². The molecule has 8 heteroatoms. The summed E-state index contributed by atoms with van der Waals surface area (Å²) in [6.07, 6.45) is 11.1. The minimum Gasteiger partial charge on any atom is -0.481 e. The molecule has 5 saturated carbocycles. The monoisotopic (exact) mass is 633 g/mol. The van der Waals surface area contributed by atoms with Gasteiger partial charge >= 0.3 is 11.9 Å². The summed E-state index contributed by atoms with van der Waals surface area (Å²) in [5, 5.41) is 9.54. The highest BCUT2D eigenvalue weighted by Crippen LogP contribution is 2.76. The molecule has 5 fully saturated rings. The number of fused-ring (bicyclic) bond motifs is 7. The number of carboxylic acids is 1. The fraction of sp³-hybridized carbons (Fsp3) is 0.889. The first-order valence-corrected chi connectivity index (χ1v) is 19.0. The second-order valence-electron chi connectivity index (χ2n) is 17.9. The molecule has 0 heterocycles. The Morgan fingerprint density at radius 1 is 0.909 bits per heavy atom. The van der Waals surface area contributed by atoms with Gasteiger partial charge in [0.2, 0.25) is 10.0 Å². The van der Waals surface area contributed by atoms with Gasteiger partial charge in [-0.1, -0.05) is 46.8 Å². The summed E-state index contributed by atoms with van der Waals surface area (Å²) in [5.74, 6) is 0.603. The molecule has 5 aliphatic rings. The third-order valence-corrected chi connectivity index (χ3v) is 15.6. The van der Waals surface area contributed by atoms with Crippen molar-refractivity contribution in [3.05, 3.63) is 12.2 Å². The van der Waals surface area contributed by atoms with E-state index in [2.05, 4.69) is 52.8 Å². The van der Waals surface area contributed by atoms with Crippen molar-refractivity contribution in [3.63, 3.8) is 0 Å². The third-order valence-electron chi connectivity index (χ3n) is 14.8. The summed E-state index contributed by atoms with van der Waals surface area (Å²) in [7, 11) is -3.34. The van der Waals surface area contributed by atoms with Crippen LogP contribution in [0.25, 0.3) is 0 Å². The fourth-order valence-electron chi connectivity index (χ4n) is 12.5. The first kappa shape index (κ1) is 33.9. The number of sulfonamides is 1. The molecular weight excluding hydrogens is 574 g/mol. The lowest BCUT2D eigenvalue weighted by molar-refractivity contribution is -0.246. The molecule has 7 nitrogen and oxygen atoms in total. The van der Waals surface area contributed by atoms with Crippen molar-refractivity contribution in [1.82, 2.24) is 4.72 Å². The second kappa shape index (κ2) is 10.6. The predicted octanol–water partition coefficient (Wildman–Crippen LogP) is 7.36. The van der Waals surface area contributed by atoms with Crippen molar-refractivity contribution in [2.45, 2.75) is 138 Å². The summed E-state index contributed by atoms with van der Waals surface area (Å²) in [4.78, 5) is 24.6. The van der Waals surface area contributed by atoms with Crippen molar-refractivity contribution in [2.24, 2.45) is 56.7 Å². The molecule has 0 saturated heterocycles. The molecule has 0 bridgehead atoms. The molecule has 10 atom stereocenters. The van der Waals surface area contributed by atoms with Crippen LogP contribution in [0.5, 0.6) is 0 Å². The van der Waals surface area contributed by atoms with Crippen LogP contribution in [0.15, 0.2) is 12.2 Å². The lowest BCUT2D eigenvalue weighted by atomic mass is 9.32. The van der Waals surface area contributed by atoms with Crippen LogP contribution in [0.3, 0.4) is 0 Å². The Balaban J connectivity index is 1.43. The van der Waals surface area contributed by atoms with E-state index in [1.807, 2.05) is 0 Å². The second-order valence-corrected chi connectivity index (χ2v) is 19.7. The lowest BCUT2D eigenvalue weighted by Gasteiger charge is -2.73. The molecule has 2 N–H and O–H groups in total. The number of esters is 1. The number of allylic oxidation sites excluding steroid dienone is 1. The van der Waals surface area contributed by atoms with E-state index in [0.717, 1.165) is 64.2 Å². The van der Waals surface area contributed by atoms with Crippen LogP contribution in [-0.4, -0.2) is 43.4 Å². The number of nitrogens with one attached hydrogen (secondary N) is 1. The molecule has 0 aromatic rings. The van der Waals surface area contributed by atoms with Crippen LogP contribution in [0, 0.1) is 56.7 Å². The Morgan fingerprint density at radius 3 is 2.16 bits per heavy atom. The van der Waals surface area contributed by atoms with Crippen molar-refractivity contribution in [1.29, 1.82) is 0 Å². The molecule has 0 amide bonds. The van der Waals surface area contributed by atoms with Crippen LogP contribution in [-0.2, 0) is 24.3 Å². The molecule has 5 rings (SSSR count). The summed E-state index contributed by atoms with van der Waals surface area (Å²) in [6.45, 7) is 21.9. The number of carboxylic acid groups (broad SMARTS) is 1.